The topological polar surface area (TPSA) is 74.8 Å². The van der Waals surface area contributed by atoms with Crippen molar-refractivity contribution in [2.24, 2.45) is 0 Å². The number of carbonyl (C=O) groups excluding carboxylic acids is 4. The number of hydrogen-bond acceptors (Lipinski definition) is 5. The maximum Gasteiger partial charge on any atom is 0.334 e. The normalized spacial score (nSPS) is 16.6. The van der Waals surface area contributed by atoms with Gasteiger partial charge in [-0.3, -0.25) is 19.3 Å². The number of urea groups is 1. The summed E-state index contributed by atoms with van der Waals surface area (Å²) in [6.45, 7) is -0.273. The maximum absolute atomic E-state index is 12.7. The molecule has 1 fully saturated rings. The van der Waals surface area contributed by atoms with E-state index in [2.05, 4.69) is 0 Å². The molecule has 2 aromatic rings. The Kier molecular flexibility index (Phi) is 5.09. The molecule has 4 amide bonds. The van der Waals surface area contributed by atoms with Crippen LogP contribution >= 0.6 is 11.3 Å². The summed E-state index contributed by atoms with van der Waals surface area (Å²) in [5.74, 6) is -2.12. The number of thiophene rings is 1. The Balaban J connectivity index is 1.45. The zero-order valence-electron chi connectivity index (χ0n) is 15.3. The van der Waals surface area contributed by atoms with E-state index < -0.39 is 24.4 Å². The van der Waals surface area contributed by atoms with Crippen LogP contribution in [0.2, 0.25) is 0 Å². The molecule has 1 saturated heterocycles. The molecule has 144 valence electrons. The number of carbonyl (C=O) groups is 4. The lowest BCUT2D eigenvalue weighted by Crippen LogP contribution is -2.37. The highest BCUT2D eigenvalue weighted by Crippen LogP contribution is 2.23. The van der Waals surface area contributed by atoms with Gasteiger partial charge in [-0.25, -0.2) is 9.69 Å². The Morgan fingerprint density at radius 3 is 2.46 bits per heavy atom. The van der Waals surface area contributed by atoms with Gasteiger partial charge < -0.3 is 0 Å². The number of fused-ring (bicyclic) bond motifs is 1. The van der Waals surface area contributed by atoms with Gasteiger partial charge in [0.1, 0.15) is 0 Å². The Morgan fingerprint density at radius 1 is 0.964 bits per heavy atom. The van der Waals surface area contributed by atoms with Gasteiger partial charge in [0.2, 0.25) is 0 Å². The van der Waals surface area contributed by atoms with Gasteiger partial charge in [-0.15, -0.1) is 11.3 Å². The van der Waals surface area contributed by atoms with Crippen LogP contribution in [0.1, 0.15) is 39.2 Å². The highest BCUT2D eigenvalue weighted by molar-refractivity contribution is 7.09. The number of benzene rings is 1. The summed E-state index contributed by atoms with van der Waals surface area (Å²) in [7, 11) is 0. The average molecular weight is 396 g/mol. The van der Waals surface area contributed by atoms with Gasteiger partial charge in [0.15, 0.2) is 5.78 Å². The van der Waals surface area contributed by atoms with Crippen LogP contribution in [0.3, 0.4) is 0 Å². The predicted molar refractivity (Wildman–Crippen MR) is 104 cm³/mol. The van der Waals surface area contributed by atoms with Gasteiger partial charge in [-0.05, 0) is 54.3 Å². The van der Waals surface area contributed by atoms with Gasteiger partial charge in [-0.1, -0.05) is 18.2 Å². The van der Waals surface area contributed by atoms with Crippen molar-refractivity contribution in [3.05, 3.63) is 57.3 Å². The molecule has 0 radical (unpaired) electrons. The third-order valence-electron chi connectivity index (χ3n) is 5.27. The van der Waals surface area contributed by atoms with E-state index in [0.29, 0.717) is 12.0 Å². The van der Waals surface area contributed by atoms with Crippen molar-refractivity contribution < 1.29 is 19.2 Å². The molecule has 1 aromatic carbocycles. The van der Waals surface area contributed by atoms with E-state index in [-0.39, 0.29) is 12.3 Å². The van der Waals surface area contributed by atoms with Gasteiger partial charge in [0.25, 0.3) is 0 Å². The smallest absolute Gasteiger partial charge is 0.292 e. The lowest BCUT2D eigenvalue weighted by Gasteiger charge is -2.17. The van der Waals surface area contributed by atoms with Crippen molar-refractivity contribution in [3.8, 4) is 0 Å². The van der Waals surface area contributed by atoms with Crippen molar-refractivity contribution in [3.63, 3.8) is 0 Å². The lowest BCUT2D eigenvalue weighted by atomic mass is 9.90. The second-order valence-electron chi connectivity index (χ2n) is 7.07. The number of amides is 4. The molecule has 0 spiro atoms. The standard InChI is InChI=1S/C21H20N2O4S/c24-18(16-8-7-14-4-1-2-5-15(14)12-16)13-23-20(26)19(25)22(21(23)27)10-9-17-6-3-11-28-17/h3,6-8,11-12H,1-2,4-5,9-10,13H2. The molecule has 6 nitrogen and oxygen atoms in total. The van der Waals surface area contributed by atoms with Crippen molar-refractivity contribution in [2.75, 3.05) is 13.1 Å². The van der Waals surface area contributed by atoms with Crippen LogP contribution in [0.25, 0.3) is 0 Å². The molecule has 0 atom stereocenters. The molecule has 2 heterocycles. The van der Waals surface area contributed by atoms with Crippen LogP contribution < -0.4 is 0 Å². The second-order valence-corrected chi connectivity index (χ2v) is 8.11. The Labute approximate surface area is 166 Å². The van der Waals surface area contributed by atoms with E-state index in [1.54, 1.807) is 6.07 Å². The minimum absolute atomic E-state index is 0.132. The van der Waals surface area contributed by atoms with Crippen LogP contribution in [0.15, 0.2) is 35.7 Å². The molecule has 2 aliphatic rings. The summed E-state index contributed by atoms with van der Waals surface area (Å²) >= 11 is 1.53. The van der Waals surface area contributed by atoms with E-state index in [4.69, 9.17) is 0 Å². The largest absolute Gasteiger partial charge is 0.334 e. The average Bonchev–Trinajstić information content (AvgIpc) is 3.30. The second kappa shape index (κ2) is 7.67. The number of rotatable bonds is 6. The first-order valence-corrected chi connectivity index (χ1v) is 10.3. The van der Waals surface area contributed by atoms with Gasteiger partial charge in [0.05, 0.1) is 6.54 Å². The van der Waals surface area contributed by atoms with Gasteiger partial charge in [0, 0.05) is 23.4 Å². The van der Waals surface area contributed by atoms with Gasteiger partial charge >= 0.3 is 17.8 Å². The predicted octanol–water partition coefficient (Wildman–Crippen LogP) is 2.84. The molecule has 0 saturated carbocycles. The molecular formula is C21H20N2O4S. The van der Waals surface area contributed by atoms with Crippen LogP contribution in [0.5, 0.6) is 0 Å². The number of imide groups is 2. The van der Waals surface area contributed by atoms with E-state index in [9.17, 15) is 19.2 Å². The van der Waals surface area contributed by atoms with E-state index in [0.717, 1.165) is 45.9 Å². The lowest BCUT2D eigenvalue weighted by molar-refractivity contribution is -0.143. The number of Topliss-reactive ketones (excluding diaryl/α,β-unsaturated/α-hetero) is 1. The highest BCUT2D eigenvalue weighted by atomic mass is 32.1. The molecular weight excluding hydrogens is 376 g/mol. The fourth-order valence-corrected chi connectivity index (χ4v) is 4.40. The van der Waals surface area contributed by atoms with E-state index in [1.807, 2.05) is 29.6 Å². The zero-order chi connectivity index (χ0) is 19.7. The monoisotopic (exact) mass is 396 g/mol. The number of nitrogens with zero attached hydrogens (tertiary/aromatic N) is 2. The minimum atomic E-state index is -0.928. The molecule has 1 aliphatic heterocycles. The number of hydrogen-bond donors (Lipinski definition) is 0. The summed E-state index contributed by atoms with van der Waals surface area (Å²) in [6.07, 6.45) is 4.70. The first kappa shape index (κ1) is 18.6. The van der Waals surface area contributed by atoms with Crippen molar-refractivity contribution in [2.45, 2.75) is 32.1 Å². The number of aryl methyl sites for hydroxylation is 2. The first-order chi connectivity index (χ1) is 13.5. The summed E-state index contributed by atoms with van der Waals surface area (Å²) in [6, 6.07) is 8.65. The van der Waals surface area contributed by atoms with Crippen molar-refractivity contribution in [1.82, 2.24) is 9.80 Å². The molecule has 0 bridgehead atoms. The SMILES string of the molecule is O=C(CN1C(=O)C(=O)N(CCc2cccs2)C1=O)c1ccc2c(c1)CCCC2. The zero-order valence-corrected chi connectivity index (χ0v) is 16.2. The quantitative estimate of drug-likeness (QED) is 0.428. The van der Waals surface area contributed by atoms with E-state index in [1.165, 1.54) is 16.9 Å². The molecule has 28 heavy (non-hydrogen) atoms. The molecule has 1 aromatic heterocycles. The third-order valence-corrected chi connectivity index (χ3v) is 6.21. The number of ketones is 1. The fourth-order valence-electron chi connectivity index (χ4n) is 3.71. The van der Waals surface area contributed by atoms with Crippen molar-refractivity contribution in [1.29, 1.82) is 0 Å². The van der Waals surface area contributed by atoms with Crippen LogP contribution in [-0.2, 0) is 28.9 Å². The van der Waals surface area contributed by atoms with Crippen LogP contribution in [0, 0.1) is 0 Å². The van der Waals surface area contributed by atoms with E-state index >= 15 is 0 Å². The maximum atomic E-state index is 12.7. The highest BCUT2D eigenvalue weighted by Gasteiger charge is 2.44. The summed E-state index contributed by atoms with van der Waals surface area (Å²) < 4.78 is 0. The molecule has 0 N–H and O–H groups in total. The Morgan fingerprint density at radius 2 is 1.71 bits per heavy atom. The Bertz CT molecular complexity index is 951. The minimum Gasteiger partial charge on any atom is -0.292 e. The summed E-state index contributed by atoms with van der Waals surface area (Å²) in [5, 5.41) is 1.91. The molecule has 1 aliphatic carbocycles. The first-order valence-electron chi connectivity index (χ1n) is 9.39. The van der Waals surface area contributed by atoms with Crippen molar-refractivity contribution >= 4 is 35.0 Å². The Hall–Kier alpha value is -2.80. The molecule has 7 heteroatoms. The summed E-state index contributed by atoms with van der Waals surface area (Å²) in [5.41, 5.74) is 2.89. The summed E-state index contributed by atoms with van der Waals surface area (Å²) in [4.78, 5) is 52.4. The van der Waals surface area contributed by atoms with Gasteiger partial charge in [-0.2, -0.15) is 0 Å². The van der Waals surface area contributed by atoms with Crippen LogP contribution in [-0.4, -0.2) is 46.5 Å². The molecule has 0 unspecified atom stereocenters. The fraction of sp³-hybridized carbons (Fsp3) is 0.333. The third kappa shape index (κ3) is 3.49. The van der Waals surface area contributed by atoms with Crippen LogP contribution in [0.4, 0.5) is 4.79 Å². The molecule has 4 rings (SSSR count).